The summed E-state index contributed by atoms with van der Waals surface area (Å²) in [6.07, 6.45) is 1.93. The van der Waals surface area contributed by atoms with Gasteiger partial charge in [-0.15, -0.1) is 0 Å². The molecule has 0 bridgehead atoms. The molecule has 0 radical (unpaired) electrons. The Hall–Kier alpha value is -2.40. The number of likely N-dealkylation sites (tertiary alicyclic amines) is 1. The molecule has 0 aromatic heterocycles. The molecule has 1 heterocycles. The second-order valence-electron chi connectivity index (χ2n) is 7.24. The van der Waals surface area contributed by atoms with Gasteiger partial charge in [0.2, 0.25) is 5.91 Å². The molecule has 0 spiro atoms. The van der Waals surface area contributed by atoms with Crippen LogP contribution < -0.4 is 4.74 Å². The molecule has 3 rings (SSSR count). The van der Waals surface area contributed by atoms with Gasteiger partial charge in [0.05, 0.1) is 13.0 Å². The standard InChI is InChI=1S/C22H27FN2O2/c1-24(14-17-7-11-21(27-2)12-8-17)22(26)19-4-3-13-25(16-19)15-18-5-9-20(23)10-6-18/h5-12,19H,3-4,13-16H2,1-2H3/t19-/m1/s1. The number of hydrogen-bond acceptors (Lipinski definition) is 3. The van der Waals surface area contributed by atoms with Crippen LogP contribution in [0.1, 0.15) is 24.0 Å². The number of piperidine rings is 1. The third kappa shape index (κ3) is 5.30. The second kappa shape index (κ2) is 9.00. The molecule has 1 aliphatic heterocycles. The monoisotopic (exact) mass is 370 g/mol. The van der Waals surface area contributed by atoms with Crippen LogP contribution in [0.15, 0.2) is 48.5 Å². The molecule has 0 saturated carbocycles. The van der Waals surface area contributed by atoms with Crippen LogP contribution in [0.25, 0.3) is 0 Å². The average molecular weight is 370 g/mol. The first kappa shape index (κ1) is 19.4. The van der Waals surface area contributed by atoms with Crippen LogP contribution in [0.2, 0.25) is 0 Å². The number of carbonyl (C=O) groups excluding carboxylic acids is 1. The molecule has 144 valence electrons. The summed E-state index contributed by atoms with van der Waals surface area (Å²) >= 11 is 0. The summed E-state index contributed by atoms with van der Waals surface area (Å²) in [7, 11) is 3.51. The molecular weight excluding hydrogens is 343 g/mol. The lowest BCUT2D eigenvalue weighted by Gasteiger charge is -2.34. The summed E-state index contributed by atoms with van der Waals surface area (Å²) in [5.41, 5.74) is 2.17. The number of carbonyl (C=O) groups is 1. The summed E-state index contributed by atoms with van der Waals surface area (Å²) in [5, 5.41) is 0. The number of hydrogen-bond donors (Lipinski definition) is 0. The Morgan fingerprint density at radius 1 is 1.15 bits per heavy atom. The van der Waals surface area contributed by atoms with Gasteiger partial charge in [0.15, 0.2) is 0 Å². The highest BCUT2D eigenvalue weighted by Gasteiger charge is 2.28. The Morgan fingerprint density at radius 2 is 1.81 bits per heavy atom. The summed E-state index contributed by atoms with van der Waals surface area (Å²) in [6, 6.07) is 14.4. The fourth-order valence-electron chi connectivity index (χ4n) is 3.64. The van der Waals surface area contributed by atoms with Crippen molar-refractivity contribution >= 4 is 5.91 Å². The van der Waals surface area contributed by atoms with Crippen LogP contribution in [0.5, 0.6) is 5.75 Å². The SMILES string of the molecule is COc1ccc(CN(C)C(=O)[C@@H]2CCCN(Cc3ccc(F)cc3)C2)cc1. The fraction of sp³-hybridized carbons (Fsp3) is 0.409. The first-order chi connectivity index (χ1) is 13.0. The first-order valence-corrected chi connectivity index (χ1v) is 9.40. The van der Waals surface area contributed by atoms with Gasteiger partial charge in [-0.2, -0.15) is 0 Å². The van der Waals surface area contributed by atoms with Crippen molar-refractivity contribution in [3.8, 4) is 5.75 Å². The van der Waals surface area contributed by atoms with E-state index in [0.29, 0.717) is 6.54 Å². The van der Waals surface area contributed by atoms with Gasteiger partial charge in [-0.25, -0.2) is 4.39 Å². The molecular formula is C22H27FN2O2. The molecule has 0 N–H and O–H groups in total. The lowest BCUT2D eigenvalue weighted by Crippen LogP contribution is -2.43. The van der Waals surface area contributed by atoms with Gasteiger partial charge in [0.25, 0.3) is 0 Å². The van der Waals surface area contributed by atoms with Crippen LogP contribution in [0.4, 0.5) is 4.39 Å². The minimum atomic E-state index is -0.217. The summed E-state index contributed by atoms with van der Waals surface area (Å²) < 4.78 is 18.2. The number of amides is 1. The van der Waals surface area contributed by atoms with E-state index in [4.69, 9.17) is 4.74 Å². The van der Waals surface area contributed by atoms with Gasteiger partial charge in [-0.3, -0.25) is 9.69 Å². The average Bonchev–Trinajstić information content (AvgIpc) is 2.70. The Balaban J connectivity index is 1.55. The van der Waals surface area contributed by atoms with Gasteiger partial charge >= 0.3 is 0 Å². The Morgan fingerprint density at radius 3 is 2.48 bits per heavy atom. The highest BCUT2D eigenvalue weighted by atomic mass is 19.1. The van der Waals surface area contributed by atoms with E-state index >= 15 is 0 Å². The fourth-order valence-corrected chi connectivity index (χ4v) is 3.64. The largest absolute Gasteiger partial charge is 0.497 e. The van der Waals surface area contributed by atoms with E-state index in [2.05, 4.69) is 4.90 Å². The molecule has 2 aromatic rings. The van der Waals surface area contributed by atoms with Gasteiger partial charge in [-0.05, 0) is 54.8 Å². The van der Waals surface area contributed by atoms with Crippen LogP contribution in [-0.4, -0.2) is 43.0 Å². The van der Waals surface area contributed by atoms with Gasteiger partial charge in [0, 0.05) is 26.7 Å². The lowest BCUT2D eigenvalue weighted by atomic mass is 9.96. The number of ether oxygens (including phenoxy) is 1. The zero-order valence-corrected chi connectivity index (χ0v) is 16.0. The first-order valence-electron chi connectivity index (χ1n) is 9.40. The maximum absolute atomic E-state index is 13.1. The van der Waals surface area contributed by atoms with Gasteiger partial charge in [-0.1, -0.05) is 24.3 Å². The molecule has 0 aliphatic carbocycles. The zero-order chi connectivity index (χ0) is 19.2. The van der Waals surface area contributed by atoms with Crippen molar-refractivity contribution in [3.63, 3.8) is 0 Å². The molecule has 4 nitrogen and oxygen atoms in total. The van der Waals surface area contributed by atoms with Crippen LogP contribution >= 0.6 is 0 Å². The predicted molar refractivity (Wildman–Crippen MR) is 104 cm³/mol. The minimum Gasteiger partial charge on any atom is -0.497 e. The maximum Gasteiger partial charge on any atom is 0.227 e. The number of benzene rings is 2. The van der Waals surface area contributed by atoms with Crippen LogP contribution in [0, 0.1) is 11.7 Å². The Labute approximate surface area is 160 Å². The molecule has 2 aromatic carbocycles. The third-order valence-electron chi connectivity index (χ3n) is 5.13. The number of rotatable bonds is 6. The van der Waals surface area contributed by atoms with Gasteiger partial charge < -0.3 is 9.64 Å². The summed E-state index contributed by atoms with van der Waals surface area (Å²) in [5.74, 6) is 0.805. The van der Waals surface area contributed by atoms with E-state index in [9.17, 15) is 9.18 Å². The van der Waals surface area contributed by atoms with E-state index in [0.717, 1.165) is 49.4 Å². The van der Waals surface area contributed by atoms with Crippen molar-refractivity contribution < 1.29 is 13.9 Å². The second-order valence-corrected chi connectivity index (χ2v) is 7.24. The van der Waals surface area contributed by atoms with Crippen molar-refractivity contribution in [3.05, 3.63) is 65.5 Å². The normalized spacial score (nSPS) is 17.5. The van der Waals surface area contributed by atoms with Crippen LogP contribution in [0.3, 0.4) is 0 Å². The molecule has 1 aliphatic rings. The molecule has 27 heavy (non-hydrogen) atoms. The van der Waals surface area contributed by atoms with Crippen molar-refractivity contribution in [2.24, 2.45) is 5.92 Å². The van der Waals surface area contributed by atoms with Crippen molar-refractivity contribution in [2.75, 3.05) is 27.2 Å². The van der Waals surface area contributed by atoms with E-state index in [1.807, 2.05) is 48.3 Å². The number of methoxy groups -OCH3 is 1. The molecule has 0 unspecified atom stereocenters. The number of nitrogens with zero attached hydrogens (tertiary/aromatic N) is 2. The van der Waals surface area contributed by atoms with E-state index in [-0.39, 0.29) is 17.6 Å². The smallest absolute Gasteiger partial charge is 0.227 e. The maximum atomic E-state index is 13.1. The van der Waals surface area contributed by atoms with Crippen molar-refractivity contribution in [2.45, 2.75) is 25.9 Å². The van der Waals surface area contributed by atoms with Gasteiger partial charge in [0.1, 0.15) is 11.6 Å². The minimum absolute atomic E-state index is 0.0162. The molecule has 5 heteroatoms. The van der Waals surface area contributed by atoms with E-state index in [1.54, 1.807) is 7.11 Å². The predicted octanol–water partition coefficient (Wildman–Crippen LogP) is 3.70. The quantitative estimate of drug-likeness (QED) is 0.777. The van der Waals surface area contributed by atoms with Crippen molar-refractivity contribution in [1.82, 2.24) is 9.80 Å². The summed E-state index contributed by atoms with van der Waals surface area (Å²) in [6.45, 7) is 3.08. The Kier molecular flexibility index (Phi) is 6.45. The summed E-state index contributed by atoms with van der Waals surface area (Å²) in [4.78, 5) is 17.0. The topological polar surface area (TPSA) is 32.8 Å². The van der Waals surface area contributed by atoms with E-state index < -0.39 is 0 Å². The highest BCUT2D eigenvalue weighted by molar-refractivity contribution is 5.79. The highest BCUT2D eigenvalue weighted by Crippen LogP contribution is 2.21. The molecule has 1 amide bonds. The molecule has 1 fully saturated rings. The molecule has 1 atom stereocenters. The molecule has 1 saturated heterocycles. The van der Waals surface area contributed by atoms with E-state index in [1.165, 1.54) is 12.1 Å². The van der Waals surface area contributed by atoms with Crippen molar-refractivity contribution in [1.29, 1.82) is 0 Å². The third-order valence-corrected chi connectivity index (χ3v) is 5.13. The number of halogens is 1. The van der Waals surface area contributed by atoms with Crippen LogP contribution in [-0.2, 0) is 17.9 Å². The zero-order valence-electron chi connectivity index (χ0n) is 16.0. The lowest BCUT2D eigenvalue weighted by molar-refractivity contribution is -0.136. The Bertz CT molecular complexity index is 746.